The lowest BCUT2D eigenvalue weighted by atomic mass is 10.1. The highest BCUT2D eigenvalue weighted by atomic mass is 19.2. The summed E-state index contributed by atoms with van der Waals surface area (Å²) >= 11 is 0. The van der Waals surface area contributed by atoms with Crippen molar-refractivity contribution in [3.8, 4) is 0 Å². The van der Waals surface area contributed by atoms with E-state index in [-0.39, 0.29) is 5.56 Å². The molecule has 0 aliphatic heterocycles. The number of rotatable bonds is 3. The van der Waals surface area contributed by atoms with Gasteiger partial charge in [-0.25, -0.2) is 8.78 Å². The molecule has 2 aromatic rings. The number of halogens is 2. The Hall–Kier alpha value is -2.43. The number of carbonyl (C=O) groups excluding carboxylic acids is 1. The van der Waals surface area contributed by atoms with E-state index in [0.717, 1.165) is 6.07 Å². The van der Waals surface area contributed by atoms with Crippen molar-refractivity contribution in [2.45, 2.75) is 6.92 Å². The standard InChI is InChI=1S/C15H14F2N2O/c1-2-19(11-6-3-5-10(18)9-11)15(20)12-7-4-8-13(16)14(12)17/h3-9H,2,18H2,1H3. The lowest BCUT2D eigenvalue weighted by Crippen LogP contribution is -2.31. The number of anilines is 2. The first-order valence-electron chi connectivity index (χ1n) is 6.16. The van der Waals surface area contributed by atoms with E-state index in [9.17, 15) is 13.6 Å². The molecule has 0 spiro atoms. The van der Waals surface area contributed by atoms with Crippen LogP contribution in [-0.4, -0.2) is 12.5 Å². The Morgan fingerprint density at radius 1 is 1.20 bits per heavy atom. The number of carbonyl (C=O) groups is 1. The lowest BCUT2D eigenvalue weighted by Gasteiger charge is -2.21. The topological polar surface area (TPSA) is 46.3 Å². The summed E-state index contributed by atoms with van der Waals surface area (Å²) in [4.78, 5) is 13.7. The van der Waals surface area contributed by atoms with Crippen molar-refractivity contribution in [3.05, 3.63) is 59.7 Å². The van der Waals surface area contributed by atoms with E-state index in [1.807, 2.05) is 0 Å². The number of benzene rings is 2. The number of hydrogen-bond donors (Lipinski definition) is 1. The maximum atomic E-state index is 13.7. The molecule has 0 aliphatic rings. The van der Waals surface area contributed by atoms with Crippen LogP contribution in [-0.2, 0) is 0 Å². The van der Waals surface area contributed by atoms with Crippen LogP contribution in [0.1, 0.15) is 17.3 Å². The first kappa shape index (κ1) is 14.0. The summed E-state index contributed by atoms with van der Waals surface area (Å²) in [5.74, 6) is -2.78. The van der Waals surface area contributed by atoms with Gasteiger partial charge in [-0.15, -0.1) is 0 Å². The third-order valence-corrected chi connectivity index (χ3v) is 2.93. The fourth-order valence-electron chi connectivity index (χ4n) is 1.95. The molecule has 0 fully saturated rings. The summed E-state index contributed by atoms with van der Waals surface area (Å²) in [6.07, 6.45) is 0. The predicted molar refractivity (Wildman–Crippen MR) is 74.6 cm³/mol. The average molecular weight is 276 g/mol. The minimum Gasteiger partial charge on any atom is -0.399 e. The van der Waals surface area contributed by atoms with Gasteiger partial charge in [0.1, 0.15) is 0 Å². The molecular weight excluding hydrogens is 262 g/mol. The van der Waals surface area contributed by atoms with E-state index in [1.54, 1.807) is 31.2 Å². The number of nitrogens with two attached hydrogens (primary N) is 1. The highest BCUT2D eigenvalue weighted by Crippen LogP contribution is 2.21. The fourth-order valence-corrected chi connectivity index (χ4v) is 1.95. The molecule has 0 radical (unpaired) electrons. The second-order valence-corrected chi connectivity index (χ2v) is 4.25. The van der Waals surface area contributed by atoms with Gasteiger partial charge >= 0.3 is 0 Å². The zero-order chi connectivity index (χ0) is 14.7. The van der Waals surface area contributed by atoms with Crippen molar-refractivity contribution in [1.29, 1.82) is 0 Å². The van der Waals surface area contributed by atoms with Gasteiger partial charge in [0.15, 0.2) is 11.6 Å². The Balaban J connectivity index is 2.42. The highest BCUT2D eigenvalue weighted by molar-refractivity contribution is 6.06. The van der Waals surface area contributed by atoms with Crippen LogP contribution in [0, 0.1) is 11.6 Å². The van der Waals surface area contributed by atoms with Crippen LogP contribution >= 0.6 is 0 Å². The molecule has 0 heterocycles. The molecule has 1 amide bonds. The van der Waals surface area contributed by atoms with Gasteiger partial charge in [0, 0.05) is 17.9 Å². The van der Waals surface area contributed by atoms with Crippen molar-refractivity contribution >= 4 is 17.3 Å². The first-order valence-corrected chi connectivity index (χ1v) is 6.16. The molecule has 2 rings (SSSR count). The van der Waals surface area contributed by atoms with Crippen molar-refractivity contribution < 1.29 is 13.6 Å². The summed E-state index contributed by atoms with van der Waals surface area (Å²) in [7, 11) is 0. The second-order valence-electron chi connectivity index (χ2n) is 4.25. The van der Waals surface area contributed by atoms with Crippen LogP contribution in [0.4, 0.5) is 20.2 Å². The number of amides is 1. The zero-order valence-electron chi connectivity index (χ0n) is 10.9. The van der Waals surface area contributed by atoms with Crippen molar-refractivity contribution in [2.75, 3.05) is 17.2 Å². The molecule has 2 N–H and O–H groups in total. The third-order valence-electron chi connectivity index (χ3n) is 2.93. The highest BCUT2D eigenvalue weighted by Gasteiger charge is 2.21. The second kappa shape index (κ2) is 5.69. The Kier molecular flexibility index (Phi) is 3.98. The van der Waals surface area contributed by atoms with Crippen LogP contribution < -0.4 is 10.6 Å². The van der Waals surface area contributed by atoms with Crippen LogP contribution in [0.3, 0.4) is 0 Å². The number of hydrogen-bond acceptors (Lipinski definition) is 2. The number of nitrogens with zero attached hydrogens (tertiary/aromatic N) is 1. The Bertz CT molecular complexity index is 644. The molecule has 0 aliphatic carbocycles. The van der Waals surface area contributed by atoms with Crippen molar-refractivity contribution in [3.63, 3.8) is 0 Å². The van der Waals surface area contributed by atoms with Gasteiger partial charge in [0.2, 0.25) is 0 Å². The van der Waals surface area contributed by atoms with Crippen LogP contribution in [0.2, 0.25) is 0 Å². The van der Waals surface area contributed by atoms with Gasteiger partial charge in [-0.1, -0.05) is 12.1 Å². The van der Waals surface area contributed by atoms with Gasteiger partial charge in [-0.2, -0.15) is 0 Å². The van der Waals surface area contributed by atoms with Gasteiger partial charge in [0.25, 0.3) is 5.91 Å². The van der Waals surface area contributed by atoms with Crippen molar-refractivity contribution in [1.82, 2.24) is 0 Å². The Morgan fingerprint density at radius 3 is 2.55 bits per heavy atom. The monoisotopic (exact) mass is 276 g/mol. The Morgan fingerprint density at radius 2 is 1.90 bits per heavy atom. The normalized spacial score (nSPS) is 10.3. The van der Waals surface area contributed by atoms with E-state index in [4.69, 9.17) is 5.73 Å². The molecule has 104 valence electrons. The molecule has 2 aromatic carbocycles. The lowest BCUT2D eigenvalue weighted by molar-refractivity contribution is 0.0983. The molecule has 20 heavy (non-hydrogen) atoms. The van der Waals surface area contributed by atoms with Gasteiger partial charge < -0.3 is 10.6 Å². The summed E-state index contributed by atoms with van der Waals surface area (Å²) in [6, 6.07) is 10.2. The van der Waals surface area contributed by atoms with E-state index >= 15 is 0 Å². The molecule has 0 saturated heterocycles. The first-order chi connectivity index (χ1) is 9.54. The van der Waals surface area contributed by atoms with E-state index in [0.29, 0.717) is 17.9 Å². The molecule has 0 unspecified atom stereocenters. The maximum absolute atomic E-state index is 13.7. The minimum absolute atomic E-state index is 0.297. The molecule has 5 heteroatoms. The molecule has 0 bridgehead atoms. The summed E-state index contributed by atoms with van der Waals surface area (Å²) in [6.45, 7) is 2.07. The van der Waals surface area contributed by atoms with Gasteiger partial charge in [-0.05, 0) is 37.3 Å². The van der Waals surface area contributed by atoms with E-state index in [1.165, 1.54) is 17.0 Å². The summed E-state index contributed by atoms with van der Waals surface area (Å²) in [5, 5.41) is 0. The van der Waals surface area contributed by atoms with Crippen LogP contribution in [0.25, 0.3) is 0 Å². The smallest absolute Gasteiger partial charge is 0.261 e. The van der Waals surface area contributed by atoms with Crippen molar-refractivity contribution in [2.24, 2.45) is 0 Å². The maximum Gasteiger partial charge on any atom is 0.261 e. The van der Waals surface area contributed by atoms with E-state index in [2.05, 4.69) is 0 Å². The molecule has 0 saturated carbocycles. The number of nitrogen functional groups attached to an aromatic ring is 1. The zero-order valence-corrected chi connectivity index (χ0v) is 10.9. The van der Waals surface area contributed by atoms with Gasteiger partial charge in [0.05, 0.1) is 5.56 Å². The summed E-state index contributed by atoms with van der Waals surface area (Å²) in [5.41, 5.74) is 6.41. The third kappa shape index (κ3) is 2.61. The predicted octanol–water partition coefficient (Wildman–Crippen LogP) is 3.21. The van der Waals surface area contributed by atoms with E-state index < -0.39 is 17.5 Å². The van der Waals surface area contributed by atoms with Crippen LogP contribution in [0.5, 0.6) is 0 Å². The minimum atomic E-state index is -1.14. The van der Waals surface area contributed by atoms with Crippen LogP contribution in [0.15, 0.2) is 42.5 Å². The SMILES string of the molecule is CCN(C(=O)c1cccc(F)c1F)c1cccc(N)c1. The summed E-state index contributed by atoms with van der Waals surface area (Å²) < 4.78 is 26.9. The molecular formula is C15H14F2N2O. The quantitative estimate of drug-likeness (QED) is 0.875. The fraction of sp³-hybridized carbons (Fsp3) is 0.133. The van der Waals surface area contributed by atoms with Gasteiger partial charge in [-0.3, -0.25) is 4.79 Å². The Labute approximate surface area is 115 Å². The largest absolute Gasteiger partial charge is 0.399 e. The molecule has 0 atom stereocenters. The molecule has 3 nitrogen and oxygen atoms in total. The molecule has 0 aromatic heterocycles. The average Bonchev–Trinajstić information content (AvgIpc) is 2.42.